The van der Waals surface area contributed by atoms with Gasteiger partial charge >= 0.3 is 5.97 Å². The maximum atomic E-state index is 13.0. The van der Waals surface area contributed by atoms with Crippen molar-refractivity contribution in [2.75, 3.05) is 5.75 Å². The zero-order valence-electron chi connectivity index (χ0n) is 20.3. The Morgan fingerprint density at radius 1 is 0.882 bits per heavy atom. The van der Waals surface area contributed by atoms with Crippen molar-refractivity contribution < 1.29 is 24.3 Å². The monoisotopic (exact) mass is 494 g/mol. The highest BCUT2D eigenvalue weighted by molar-refractivity contribution is 7.80. The molecule has 0 fully saturated rings. The second-order valence-electron chi connectivity index (χ2n) is 8.62. The Labute approximate surface area is 207 Å². The first-order chi connectivity index (χ1) is 16.0. The van der Waals surface area contributed by atoms with E-state index >= 15 is 0 Å². The van der Waals surface area contributed by atoms with Gasteiger partial charge in [0.25, 0.3) is 0 Å². The van der Waals surface area contributed by atoms with Crippen LogP contribution in [0.3, 0.4) is 0 Å². The second-order valence-corrected chi connectivity index (χ2v) is 8.99. The van der Waals surface area contributed by atoms with Gasteiger partial charge in [-0.1, -0.05) is 70.9 Å². The first-order valence-electron chi connectivity index (χ1n) is 11.6. The first-order valence-corrected chi connectivity index (χ1v) is 12.2. The molecule has 0 aliphatic carbocycles. The van der Waals surface area contributed by atoms with Crippen molar-refractivity contribution >= 4 is 36.3 Å². The van der Waals surface area contributed by atoms with Crippen LogP contribution in [0.5, 0.6) is 0 Å². The van der Waals surface area contributed by atoms with Crippen molar-refractivity contribution in [1.82, 2.24) is 16.0 Å². The third-order valence-electron chi connectivity index (χ3n) is 6.02. The molecular formula is C24H38N4O5S. The Bertz CT molecular complexity index is 823. The highest BCUT2D eigenvalue weighted by Gasteiger charge is 2.33. The van der Waals surface area contributed by atoms with Crippen molar-refractivity contribution in [3.8, 4) is 0 Å². The van der Waals surface area contributed by atoms with Gasteiger partial charge in [0, 0.05) is 5.75 Å². The SMILES string of the molecule is CCC(C)C(NC(=O)C(CS)NC(=O)C(NC(=O)C(N)Cc1ccccc1)C(C)CC)C(=O)O. The molecule has 0 heterocycles. The third kappa shape index (κ3) is 8.98. The van der Waals surface area contributed by atoms with Crippen molar-refractivity contribution in [3.63, 3.8) is 0 Å². The molecule has 10 heteroatoms. The number of thiol groups is 1. The number of carboxylic acid groups (broad SMARTS) is 1. The summed E-state index contributed by atoms with van der Waals surface area (Å²) >= 11 is 4.15. The Hall–Kier alpha value is -2.59. The maximum Gasteiger partial charge on any atom is 0.326 e. The lowest BCUT2D eigenvalue weighted by Crippen LogP contribution is -2.59. The van der Waals surface area contributed by atoms with E-state index < -0.39 is 47.9 Å². The van der Waals surface area contributed by atoms with E-state index in [1.54, 1.807) is 6.92 Å². The van der Waals surface area contributed by atoms with Crippen LogP contribution in [0.15, 0.2) is 30.3 Å². The van der Waals surface area contributed by atoms with E-state index in [1.807, 2.05) is 51.1 Å². The number of nitrogens with two attached hydrogens (primary N) is 1. The van der Waals surface area contributed by atoms with Crippen LogP contribution >= 0.6 is 12.6 Å². The number of carbonyl (C=O) groups is 4. The molecule has 6 unspecified atom stereocenters. The summed E-state index contributed by atoms with van der Waals surface area (Å²) in [7, 11) is 0. The summed E-state index contributed by atoms with van der Waals surface area (Å²) in [4.78, 5) is 50.0. The van der Waals surface area contributed by atoms with Gasteiger partial charge in [0.05, 0.1) is 6.04 Å². The highest BCUT2D eigenvalue weighted by Crippen LogP contribution is 2.11. The van der Waals surface area contributed by atoms with Gasteiger partial charge in [0.1, 0.15) is 18.1 Å². The third-order valence-corrected chi connectivity index (χ3v) is 6.39. The molecule has 1 aromatic carbocycles. The number of rotatable bonds is 14. The molecule has 3 amide bonds. The summed E-state index contributed by atoms with van der Waals surface area (Å²) in [6, 6.07) is 5.39. The van der Waals surface area contributed by atoms with Crippen LogP contribution in [0, 0.1) is 11.8 Å². The Morgan fingerprint density at radius 3 is 1.91 bits per heavy atom. The summed E-state index contributed by atoms with van der Waals surface area (Å²) in [5, 5.41) is 17.2. The first kappa shape index (κ1) is 29.4. The van der Waals surface area contributed by atoms with Crippen LogP contribution in [-0.4, -0.2) is 58.7 Å². The molecule has 0 aromatic heterocycles. The van der Waals surface area contributed by atoms with E-state index in [2.05, 4.69) is 28.6 Å². The number of nitrogens with one attached hydrogen (secondary N) is 3. The average molecular weight is 495 g/mol. The zero-order chi connectivity index (χ0) is 25.8. The molecule has 0 saturated carbocycles. The van der Waals surface area contributed by atoms with Gasteiger partial charge < -0.3 is 26.8 Å². The van der Waals surface area contributed by atoms with E-state index in [-0.39, 0.29) is 17.6 Å². The van der Waals surface area contributed by atoms with Crippen molar-refractivity contribution in [1.29, 1.82) is 0 Å². The fourth-order valence-corrected chi connectivity index (χ4v) is 3.57. The van der Waals surface area contributed by atoms with Crippen LogP contribution in [0.4, 0.5) is 0 Å². The Kier molecular flexibility index (Phi) is 12.7. The number of hydrogen-bond donors (Lipinski definition) is 6. The zero-order valence-corrected chi connectivity index (χ0v) is 21.2. The van der Waals surface area contributed by atoms with Gasteiger partial charge in [-0.25, -0.2) is 4.79 Å². The topological polar surface area (TPSA) is 151 Å². The fourth-order valence-electron chi connectivity index (χ4n) is 3.32. The van der Waals surface area contributed by atoms with Crippen LogP contribution < -0.4 is 21.7 Å². The minimum absolute atomic E-state index is 0.0425. The van der Waals surface area contributed by atoms with Crippen molar-refractivity contribution in [3.05, 3.63) is 35.9 Å². The second kappa shape index (κ2) is 14.6. The predicted octanol–water partition coefficient (Wildman–Crippen LogP) is 1.12. The Balaban J connectivity index is 2.88. The number of amides is 3. The molecule has 34 heavy (non-hydrogen) atoms. The van der Waals surface area contributed by atoms with Gasteiger partial charge in [-0.3, -0.25) is 14.4 Å². The summed E-state index contributed by atoms with van der Waals surface area (Å²) < 4.78 is 0. The minimum Gasteiger partial charge on any atom is -0.480 e. The molecule has 0 radical (unpaired) electrons. The van der Waals surface area contributed by atoms with E-state index in [4.69, 9.17) is 5.73 Å². The fraction of sp³-hybridized carbons (Fsp3) is 0.583. The molecule has 9 nitrogen and oxygen atoms in total. The molecule has 6 atom stereocenters. The number of benzene rings is 1. The van der Waals surface area contributed by atoms with E-state index in [9.17, 15) is 24.3 Å². The molecule has 190 valence electrons. The molecule has 6 N–H and O–H groups in total. The molecule has 1 aromatic rings. The summed E-state index contributed by atoms with van der Waals surface area (Å²) in [5.41, 5.74) is 6.96. The lowest BCUT2D eigenvalue weighted by molar-refractivity contribution is -0.143. The molecule has 1 rings (SSSR count). The molecular weight excluding hydrogens is 456 g/mol. The van der Waals surface area contributed by atoms with E-state index in [1.165, 1.54) is 0 Å². The van der Waals surface area contributed by atoms with Gasteiger partial charge in [-0.05, 0) is 23.8 Å². The molecule has 0 aliphatic heterocycles. The smallest absolute Gasteiger partial charge is 0.326 e. The summed E-state index contributed by atoms with van der Waals surface area (Å²) in [6.07, 6.45) is 1.47. The standard InChI is InChI=1S/C24H38N4O5S/c1-5-14(3)19(27-21(29)17(25)12-16-10-8-7-9-11-16)23(31)26-18(13-34)22(30)28-20(24(32)33)15(4)6-2/h7-11,14-15,17-20,34H,5-6,12-13,25H2,1-4H3,(H,26,31)(H,27,29)(H,28,30)(H,32,33). The maximum absolute atomic E-state index is 13.0. The molecule has 0 bridgehead atoms. The lowest BCUT2D eigenvalue weighted by atomic mass is 9.96. The molecule has 0 aliphatic rings. The van der Waals surface area contributed by atoms with Gasteiger partial charge in [-0.2, -0.15) is 12.6 Å². The quantitative estimate of drug-likeness (QED) is 0.213. The predicted molar refractivity (Wildman–Crippen MR) is 134 cm³/mol. The van der Waals surface area contributed by atoms with E-state index in [0.717, 1.165) is 5.56 Å². The minimum atomic E-state index is -1.15. The highest BCUT2D eigenvalue weighted by atomic mass is 32.1. The molecule has 0 saturated heterocycles. The largest absolute Gasteiger partial charge is 0.480 e. The van der Waals surface area contributed by atoms with Crippen LogP contribution in [0.25, 0.3) is 0 Å². The van der Waals surface area contributed by atoms with E-state index in [0.29, 0.717) is 19.3 Å². The number of aliphatic carboxylic acids is 1. The van der Waals surface area contributed by atoms with Crippen LogP contribution in [0.1, 0.15) is 46.1 Å². The van der Waals surface area contributed by atoms with Gasteiger partial charge in [0.15, 0.2) is 0 Å². The normalized spacial score (nSPS) is 16.3. The Morgan fingerprint density at radius 2 is 1.41 bits per heavy atom. The average Bonchev–Trinajstić information content (AvgIpc) is 2.83. The number of carboxylic acids is 1. The summed E-state index contributed by atoms with van der Waals surface area (Å²) in [6.45, 7) is 7.24. The lowest BCUT2D eigenvalue weighted by Gasteiger charge is -2.28. The van der Waals surface area contributed by atoms with Crippen LogP contribution in [-0.2, 0) is 25.6 Å². The number of carbonyl (C=O) groups excluding carboxylic acids is 3. The van der Waals surface area contributed by atoms with Crippen molar-refractivity contribution in [2.24, 2.45) is 17.6 Å². The number of hydrogen-bond acceptors (Lipinski definition) is 6. The van der Waals surface area contributed by atoms with Crippen molar-refractivity contribution in [2.45, 2.75) is 71.1 Å². The van der Waals surface area contributed by atoms with Crippen LogP contribution in [0.2, 0.25) is 0 Å². The van der Waals surface area contributed by atoms with Gasteiger partial charge in [-0.15, -0.1) is 0 Å². The summed E-state index contributed by atoms with van der Waals surface area (Å²) in [5.74, 6) is -3.40. The molecule has 0 spiro atoms. The van der Waals surface area contributed by atoms with Gasteiger partial charge in [0.2, 0.25) is 17.7 Å².